The molecule has 3 N–H and O–H groups in total. The molecule has 0 bridgehead atoms. The van der Waals surface area contributed by atoms with Crippen LogP contribution >= 0.6 is 11.9 Å². The van der Waals surface area contributed by atoms with E-state index >= 15 is 0 Å². The fraction of sp³-hybridized carbons (Fsp3) is 0.188. The van der Waals surface area contributed by atoms with Crippen molar-refractivity contribution < 1.29 is 10.1 Å². The molecule has 3 nitrogen and oxygen atoms in total. The summed E-state index contributed by atoms with van der Waals surface area (Å²) in [6, 6.07) is 16.2. The molecule has 2 aromatic carbocycles. The normalized spacial score (nSPS) is 12.0. The fourth-order valence-electron chi connectivity index (χ4n) is 1.91. The predicted molar refractivity (Wildman–Crippen MR) is 85.7 cm³/mol. The van der Waals surface area contributed by atoms with Crippen LogP contribution in [0.2, 0.25) is 0 Å². The molecule has 3 rings (SSSR count). The third-order valence-electron chi connectivity index (χ3n) is 2.77. The van der Waals surface area contributed by atoms with Gasteiger partial charge in [-0.3, -0.25) is 0 Å². The quantitative estimate of drug-likeness (QED) is 0.760. The third-order valence-corrected chi connectivity index (χ3v) is 3.62. The van der Waals surface area contributed by atoms with E-state index in [0.717, 1.165) is 16.9 Å². The minimum atomic E-state index is 0.317. The van der Waals surface area contributed by atoms with Gasteiger partial charge in [0, 0.05) is 22.2 Å². The molecule has 0 aromatic heterocycles. The molecule has 0 saturated heterocycles. The first-order valence-corrected chi connectivity index (χ1v) is 7.55. The van der Waals surface area contributed by atoms with Gasteiger partial charge in [0.25, 0.3) is 0 Å². The minimum Gasteiger partial charge on any atom is -0.463 e. The number of aliphatic hydroxyl groups is 1. The molecular formula is C16H19N2OS+. The predicted octanol–water partition coefficient (Wildman–Crippen LogP) is 3.06. The van der Waals surface area contributed by atoms with Crippen molar-refractivity contribution in [1.82, 2.24) is 0 Å². The molecule has 0 amide bonds. The van der Waals surface area contributed by atoms with Crippen molar-refractivity contribution in [3.05, 3.63) is 54.1 Å². The summed E-state index contributed by atoms with van der Waals surface area (Å²) in [4.78, 5) is 4.11. The first kappa shape index (κ1) is 14.5. The number of fused-ring (bicyclic) bond motifs is 1. The van der Waals surface area contributed by atoms with Gasteiger partial charge < -0.3 is 9.83 Å². The number of nitrogens with one attached hydrogen (secondary N) is 2. The zero-order valence-corrected chi connectivity index (χ0v) is 12.5. The van der Waals surface area contributed by atoms with Crippen LogP contribution in [0.5, 0.6) is 0 Å². The van der Waals surface area contributed by atoms with Gasteiger partial charge in [0.2, 0.25) is 5.69 Å². The third kappa shape index (κ3) is 3.54. The molecule has 0 atom stereocenters. The number of benzene rings is 2. The van der Waals surface area contributed by atoms with Crippen LogP contribution in [0.25, 0.3) is 0 Å². The summed E-state index contributed by atoms with van der Waals surface area (Å²) >= 11 is 1.58. The molecule has 1 heterocycles. The Morgan fingerprint density at radius 3 is 2.60 bits per heavy atom. The van der Waals surface area contributed by atoms with Gasteiger partial charge in [0.05, 0.1) is 0 Å². The van der Waals surface area contributed by atoms with Gasteiger partial charge in [0.15, 0.2) is 0 Å². The molecule has 0 radical (unpaired) electrons. The molecule has 1 aliphatic rings. The van der Waals surface area contributed by atoms with Crippen LogP contribution in [0.4, 0.5) is 11.4 Å². The second-order valence-corrected chi connectivity index (χ2v) is 5.02. The molecule has 104 valence electrons. The van der Waals surface area contributed by atoms with Gasteiger partial charge in [-0.2, -0.15) is 4.99 Å². The van der Waals surface area contributed by atoms with Crippen LogP contribution in [-0.4, -0.2) is 11.0 Å². The van der Waals surface area contributed by atoms with Gasteiger partial charge in [-0.15, -0.1) is 0 Å². The van der Waals surface area contributed by atoms with Gasteiger partial charge >= 0.3 is 5.90 Å². The number of hydrogen-bond acceptors (Lipinski definition) is 2. The van der Waals surface area contributed by atoms with E-state index in [4.69, 9.17) is 0 Å². The van der Waals surface area contributed by atoms with Crippen LogP contribution in [0, 0.1) is 0 Å². The molecule has 0 saturated carbocycles. The second-order valence-electron chi connectivity index (χ2n) is 4.14. The van der Waals surface area contributed by atoms with E-state index in [1.807, 2.05) is 44.2 Å². The number of anilines is 1. The van der Waals surface area contributed by atoms with E-state index in [-0.39, 0.29) is 0 Å². The van der Waals surface area contributed by atoms with Crippen LogP contribution in [0.1, 0.15) is 19.4 Å². The van der Waals surface area contributed by atoms with Gasteiger partial charge in [-0.25, -0.2) is 0 Å². The van der Waals surface area contributed by atoms with Crippen LogP contribution < -0.4 is 9.71 Å². The molecule has 0 fully saturated rings. The topological polar surface area (TPSA) is 46.2 Å². The largest absolute Gasteiger partial charge is 0.463 e. The van der Waals surface area contributed by atoms with E-state index in [0.29, 0.717) is 12.3 Å². The highest BCUT2D eigenvalue weighted by Crippen LogP contribution is 2.24. The van der Waals surface area contributed by atoms with Crippen molar-refractivity contribution >= 4 is 29.2 Å². The van der Waals surface area contributed by atoms with Crippen molar-refractivity contribution in [1.29, 1.82) is 0 Å². The molecule has 1 aliphatic heterocycles. The van der Waals surface area contributed by atoms with E-state index in [2.05, 4.69) is 27.9 Å². The van der Waals surface area contributed by atoms with E-state index in [1.165, 1.54) is 4.90 Å². The Hall–Kier alpha value is -1.94. The average Bonchev–Trinajstić information content (AvgIpc) is 2.87. The van der Waals surface area contributed by atoms with E-state index < -0.39 is 0 Å². The Morgan fingerprint density at radius 1 is 1.10 bits per heavy atom. The second kappa shape index (κ2) is 7.01. The van der Waals surface area contributed by atoms with Crippen LogP contribution in [0.15, 0.2) is 53.4 Å². The maximum atomic E-state index is 9.43. The highest BCUT2D eigenvalue weighted by molar-refractivity contribution is 8.00. The maximum Gasteiger partial charge on any atom is 0.342 e. The highest BCUT2D eigenvalue weighted by Gasteiger charge is 2.20. The lowest BCUT2D eigenvalue weighted by Gasteiger charge is -2.05. The van der Waals surface area contributed by atoms with Gasteiger partial charge in [-0.05, 0) is 36.2 Å². The first-order valence-electron chi connectivity index (χ1n) is 6.74. The summed E-state index contributed by atoms with van der Waals surface area (Å²) in [6.07, 6.45) is 0.584. The summed E-state index contributed by atoms with van der Waals surface area (Å²) < 4.78 is 3.30. The van der Waals surface area contributed by atoms with Crippen molar-refractivity contribution in [2.75, 3.05) is 4.72 Å². The van der Waals surface area contributed by atoms with E-state index in [9.17, 15) is 5.11 Å². The van der Waals surface area contributed by atoms with Crippen LogP contribution in [-0.2, 0) is 6.42 Å². The lowest BCUT2D eigenvalue weighted by atomic mass is 10.1. The van der Waals surface area contributed by atoms with Gasteiger partial charge in [0.1, 0.15) is 6.42 Å². The molecular weight excluding hydrogens is 268 g/mol. The summed E-state index contributed by atoms with van der Waals surface area (Å²) in [7, 11) is 0. The molecule has 0 spiro atoms. The van der Waals surface area contributed by atoms with Crippen molar-refractivity contribution in [3.8, 4) is 0 Å². The number of rotatable bonds is 3. The summed E-state index contributed by atoms with van der Waals surface area (Å²) in [5.74, 6) is 0.317. The van der Waals surface area contributed by atoms with Crippen molar-refractivity contribution in [3.63, 3.8) is 0 Å². The summed E-state index contributed by atoms with van der Waals surface area (Å²) in [5.41, 5.74) is 3.15. The van der Waals surface area contributed by atoms with Crippen molar-refractivity contribution in [2.24, 2.45) is 0 Å². The Bertz CT molecular complexity index is 597. The molecule has 0 aliphatic carbocycles. The Labute approximate surface area is 123 Å². The SMILES string of the molecule is CC.OC1=[NH+]c2ccc(NSc3ccccc3)cc2C1. The standard InChI is InChI=1S/C14H12N2OS.C2H6/c17-14-9-10-8-11(6-7-13(10)15-14)16-18-12-4-2-1-3-5-12;1-2/h1-8,16H,9H2,(H,15,17);1-2H3/p+1. The molecule has 2 aromatic rings. The summed E-state index contributed by atoms with van der Waals surface area (Å²) in [6.45, 7) is 4.00. The molecule has 4 heteroatoms. The maximum absolute atomic E-state index is 9.43. The summed E-state index contributed by atoms with van der Waals surface area (Å²) in [5, 5.41) is 9.43. The van der Waals surface area contributed by atoms with E-state index in [1.54, 1.807) is 11.9 Å². The fourth-order valence-corrected chi connectivity index (χ4v) is 2.57. The zero-order valence-electron chi connectivity index (χ0n) is 11.7. The Morgan fingerprint density at radius 2 is 1.85 bits per heavy atom. The monoisotopic (exact) mass is 287 g/mol. The highest BCUT2D eigenvalue weighted by atomic mass is 32.2. The lowest BCUT2D eigenvalue weighted by Crippen LogP contribution is -2.63. The number of aliphatic hydroxyl groups excluding tert-OH is 1. The minimum absolute atomic E-state index is 0.317. The zero-order chi connectivity index (χ0) is 14.4. The van der Waals surface area contributed by atoms with Gasteiger partial charge in [-0.1, -0.05) is 32.0 Å². The number of hydrogen-bond donors (Lipinski definition) is 3. The smallest absolute Gasteiger partial charge is 0.342 e. The Kier molecular flexibility index (Phi) is 5.07. The van der Waals surface area contributed by atoms with Crippen molar-refractivity contribution in [2.45, 2.75) is 25.2 Å². The average molecular weight is 287 g/mol. The van der Waals surface area contributed by atoms with Crippen LogP contribution in [0.3, 0.4) is 0 Å². The molecule has 0 unspecified atom stereocenters. The lowest BCUT2D eigenvalue weighted by molar-refractivity contribution is -0.361. The molecule has 20 heavy (non-hydrogen) atoms. The first-order chi connectivity index (χ1) is 9.81. The Balaban J connectivity index is 0.000000704.